The van der Waals surface area contributed by atoms with Gasteiger partial charge >= 0.3 is 0 Å². The predicted octanol–water partition coefficient (Wildman–Crippen LogP) is 2.37. The number of nitrogens with one attached hydrogen (secondary N) is 1. The first-order chi connectivity index (χ1) is 8.68. The molecule has 2 aromatic heterocycles. The van der Waals surface area contributed by atoms with Crippen LogP contribution in [-0.4, -0.2) is 31.4 Å². The van der Waals surface area contributed by atoms with Gasteiger partial charge in [-0.15, -0.1) is 0 Å². The predicted molar refractivity (Wildman–Crippen MR) is 71.8 cm³/mol. The molecule has 1 N–H and O–H groups in total. The Kier molecular flexibility index (Phi) is 4.17. The summed E-state index contributed by atoms with van der Waals surface area (Å²) in [7, 11) is 4.00. The van der Waals surface area contributed by atoms with E-state index in [4.69, 9.17) is 4.42 Å². The standard InChI is InChI=1S/C13H16N2O2S/c1-15(2)11(10-5-7-18-9-10)8-14-13(16)12-4-3-6-17-12/h3-7,9,11H,8H2,1-2H3,(H,14,16)/t11-/m1/s1. The highest BCUT2D eigenvalue weighted by atomic mass is 32.1. The van der Waals surface area contributed by atoms with E-state index < -0.39 is 0 Å². The van der Waals surface area contributed by atoms with Crippen LogP contribution in [0.5, 0.6) is 0 Å². The second-order valence-corrected chi connectivity index (χ2v) is 5.00. The number of rotatable bonds is 5. The molecule has 2 heterocycles. The van der Waals surface area contributed by atoms with Gasteiger partial charge in [-0.05, 0) is 48.6 Å². The summed E-state index contributed by atoms with van der Waals surface area (Å²) in [5.41, 5.74) is 1.21. The molecule has 0 spiro atoms. The summed E-state index contributed by atoms with van der Waals surface area (Å²) in [6.45, 7) is 0.559. The normalized spacial score (nSPS) is 12.6. The van der Waals surface area contributed by atoms with E-state index in [1.54, 1.807) is 23.5 Å². The van der Waals surface area contributed by atoms with Crippen LogP contribution < -0.4 is 5.32 Å². The van der Waals surface area contributed by atoms with E-state index in [2.05, 4.69) is 21.7 Å². The van der Waals surface area contributed by atoms with Crippen LogP contribution in [0.3, 0.4) is 0 Å². The molecule has 0 unspecified atom stereocenters. The zero-order valence-corrected chi connectivity index (χ0v) is 11.2. The van der Waals surface area contributed by atoms with Crippen molar-refractivity contribution in [1.82, 2.24) is 10.2 Å². The first-order valence-corrected chi connectivity index (χ1v) is 6.63. The highest BCUT2D eigenvalue weighted by Crippen LogP contribution is 2.20. The topological polar surface area (TPSA) is 45.5 Å². The number of carbonyl (C=O) groups excluding carboxylic acids is 1. The third-order valence-corrected chi connectivity index (χ3v) is 3.45. The van der Waals surface area contributed by atoms with E-state index in [9.17, 15) is 4.79 Å². The van der Waals surface area contributed by atoms with E-state index in [0.29, 0.717) is 12.3 Å². The van der Waals surface area contributed by atoms with E-state index in [1.807, 2.05) is 19.5 Å². The maximum absolute atomic E-state index is 11.8. The van der Waals surface area contributed by atoms with Gasteiger partial charge in [0.2, 0.25) is 0 Å². The lowest BCUT2D eigenvalue weighted by atomic mass is 10.1. The molecule has 0 aliphatic heterocycles. The Labute approximate surface area is 110 Å². The van der Waals surface area contributed by atoms with Crippen molar-refractivity contribution in [1.29, 1.82) is 0 Å². The van der Waals surface area contributed by atoms with Crippen LogP contribution in [0.2, 0.25) is 0 Å². The van der Waals surface area contributed by atoms with Gasteiger partial charge in [0.15, 0.2) is 5.76 Å². The quantitative estimate of drug-likeness (QED) is 0.901. The highest BCUT2D eigenvalue weighted by molar-refractivity contribution is 7.07. The van der Waals surface area contributed by atoms with Crippen LogP contribution in [0.4, 0.5) is 0 Å². The number of likely N-dealkylation sites (N-methyl/N-ethyl adjacent to an activating group) is 1. The summed E-state index contributed by atoms with van der Waals surface area (Å²) in [4.78, 5) is 13.9. The number of nitrogens with zero attached hydrogens (tertiary/aromatic N) is 1. The minimum atomic E-state index is -0.179. The molecule has 1 atom stereocenters. The van der Waals surface area contributed by atoms with Gasteiger partial charge in [-0.3, -0.25) is 4.79 Å². The highest BCUT2D eigenvalue weighted by Gasteiger charge is 2.16. The first kappa shape index (κ1) is 12.9. The minimum absolute atomic E-state index is 0.176. The maximum atomic E-state index is 11.8. The molecule has 0 fully saturated rings. The Bertz CT molecular complexity index is 477. The van der Waals surface area contributed by atoms with Crippen molar-refractivity contribution in [3.05, 3.63) is 46.5 Å². The molecule has 1 amide bonds. The van der Waals surface area contributed by atoms with Gasteiger partial charge in [-0.2, -0.15) is 11.3 Å². The molecule has 0 aromatic carbocycles. The molecule has 18 heavy (non-hydrogen) atoms. The average molecular weight is 264 g/mol. The fourth-order valence-corrected chi connectivity index (χ4v) is 2.45. The zero-order valence-electron chi connectivity index (χ0n) is 10.4. The summed E-state index contributed by atoms with van der Waals surface area (Å²) in [6.07, 6.45) is 1.50. The number of hydrogen-bond acceptors (Lipinski definition) is 4. The Balaban J connectivity index is 1.97. The van der Waals surface area contributed by atoms with Gasteiger partial charge < -0.3 is 14.6 Å². The second kappa shape index (κ2) is 5.84. The Morgan fingerprint density at radius 3 is 2.89 bits per heavy atom. The Morgan fingerprint density at radius 1 is 1.50 bits per heavy atom. The number of carbonyl (C=O) groups is 1. The Morgan fingerprint density at radius 2 is 2.33 bits per heavy atom. The first-order valence-electron chi connectivity index (χ1n) is 5.68. The van der Waals surface area contributed by atoms with Gasteiger partial charge in [0.25, 0.3) is 5.91 Å². The van der Waals surface area contributed by atoms with Crippen molar-refractivity contribution in [3.8, 4) is 0 Å². The smallest absolute Gasteiger partial charge is 0.287 e. The van der Waals surface area contributed by atoms with Crippen molar-refractivity contribution in [2.75, 3.05) is 20.6 Å². The van der Waals surface area contributed by atoms with Gasteiger partial charge in [0.05, 0.1) is 12.3 Å². The van der Waals surface area contributed by atoms with Crippen LogP contribution in [0.25, 0.3) is 0 Å². The lowest BCUT2D eigenvalue weighted by molar-refractivity contribution is 0.0914. The summed E-state index contributed by atoms with van der Waals surface area (Å²) < 4.78 is 5.06. The monoisotopic (exact) mass is 264 g/mol. The van der Waals surface area contributed by atoms with Crippen LogP contribution in [0.1, 0.15) is 22.2 Å². The summed E-state index contributed by atoms with van der Waals surface area (Å²) >= 11 is 1.66. The van der Waals surface area contributed by atoms with E-state index in [0.717, 1.165) is 0 Å². The van der Waals surface area contributed by atoms with Gasteiger partial charge in [0.1, 0.15) is 0 Å². The molecule has 0 saturated carbocycles. The lowest BCUT2D eigenvalue weighted by Crippen LogP contribution is -2.34. The third kappa shape index (κ3) is 3.00. The largest absolute Gasteiger partial charge is 0.459 e. The molecule has 0 aliphatic rings. The number of hydrogen-bond donors (Lipinski definition) is 1. The molecule has 0 radical (unpaired) electrons. The molecule has 5 heteroatoms. The fourth-order valence-electron chi connectivity index (χ4n) is 1.75. The van der Waals surface area contributed by atoms with E-state index >= 15 is 0 Å². The molecular formula is C13H16N2O2S. The molecule has 4 nitrogen and oxygen atoms in total. The average Bonchev–Trinajstić information content (AvgIpc) is 3.01. The van der Waals surface area contributed by atoms with Crippen molar-refractivity contribution in [3.63, 3.8) is 0 Å². The molecule has 0 saturated heterocycles. The van der Waals surface area contributed by atoms with Gasteiger partial charge in [0, 0.05) is 6.54 Å². The molecule has 96 valence electrons. The van der Waals surface area contributed by atoms with Crippen LogP contribution >= 0.6 is 11.3 Å². The molecule has 0 aliphatic carbocycles. The van der Waals surface area contributed by atoms with Gasteiger partial charge in [-0.25, -0.2) is 0 Å². The van der Waals surface area contributed by atoms with Crippen LogP contribution in [-0.2, 0) is 0 Å². The number of amides is 1. The van der Waals surface area contributed by atoms with E-state index in [1.165, 1.54) is 11.8 Å². The van der Waals surface area contributed by atoms with Crippen LogP contribution in [0, 0.1) is 0 Å². The fraction of sp³-hybridized carbons (Fsp3) is 0.308. The third-order valence-electron chi connectivity index (χ3n) is 2.75. The molecule has 2 rings (SSSR count). The number of thiophene rings is 1. The Hall–Kier alpha value is -1.59. The number of furan rings is 1. The van der Waals surface area contributed by atoms with Crippen LogP contribution in [0.15, 0.2) is 39.6 Å². The molecule has 2 aromatic rings. The van der Waals surface area contributed by atoms with Crippen molar-refractivity contribution in [2.45, 2.75) is 6.04 Å². The summed E-state index contributed by atoms with van der Waals surface area (Å²) in [6, 6.07) is 5.62. The van der Waals surface area contributed by atoms with Gasteiger partial charge in [-0.1, -0.05) is 0 Å². The SMILES string of the molecule is CN(C)[C@H](CNC(=O)c1ccco1)c1ccsc1. The molecular weight excluding hydrogens is 248 g/mol. The lowest BCUT2D eigenvalue weighted by Gasteiger charge is -2.23. The summed E-state index contributed by atoms with van der Waals surface area (Å²) in [5.74, 6) is 0.167. The van der Waals surface area contributed by atoms with Crippen molar-refractivity contribution < 1.29 is 9.21 Å². The second-order valence-electron chi connectivity index (χ2n) is 4.22. The maximum Gasteiger partial charge on any atom is 0.287 e. The minimum Gasteiger partial charge on any atom is -0.459 e. The van der Waals surface area contributed by atoms with Crippen molar-refractivity contribution in [2.24, 2.45) is 0 Å². The van der Waals surface area contributed by atoms with Crippen molar-refractivity contribution >= 4 is 17.2 Å². The molecule has 0 bridgehead atoms. The zero-order chi connectivity index (χ0) is 13.0. The summed E-state index contributed by atoms with van der Waals surface area (Å²) in [5, 5.41) is 7.03. The van der Waals surface area contributed by atoms with E-state index in [-0.39, 0.29) is 11.9 Å².